The highest BCUT2D eigenvalue weighted by Gasteiger charge is 2.04. The molecule has 0 amide bonds. The van der Waals surface area contributed by atoms with Crippen LogP contribution in [0.2, 0.25) is 0 Å². The zero-order valence-corrected chi connectivity index (χ0v) is 12.0. The van der Waals surface area contributed by atoms with Crippen LogP contribution in [-0.2, 0) is 13.0 Å². The molecule has 1 aromatic rings. The van der Waals surface area contributed by atoms with Crippen LogP contribution in [0.15, 0.2) is 5.38 Å². The molecule has 5 heteroatoms. The zero-order chi connectivity index (χ0) is 11.1. The monoisotopic (exact) mass is 263 g/mol. The standard InChI is InChI=1S/C11H21N3S.ClH/c1-4-5-11-13-10(9-15-11)8-14(3)7-6-12-2;/h9,12H,4-8H2,1-3H3;1H. The fourth-order valence-electron chi connectivity index (χ4n) is 1.41. The minimum atomic E-state index is 0. The van der Waals surface area contributed by atoms with E-state index in [1.165, 1.54) is 17.1 Å². The molecule has 94 valence electrons. The molecule has 1 aromatic heterocycles. The quantitative estimate of drug-likeness (QED) is 0.817. The summed E-state index contributed by atoms with van der Waals surface area (Å²) in [7, 11) is 4.12. The molecular weight excluding hydrogens is 242 g/mol. The van der Waals surface area contributed by atoms with Gasteiger partial charge in [-0.15, -0.1) is 23.7 Å². The number of likely N-dealkylation sites (N-methyl/N-ethyl adjacent to an activating group) is 2. The first-order chi connectivity index (χ1) is 7.26. The Bertz CT molecular complexity index is 278. The third-order valence-corrected chi connectivity index (χ3v) is 3.20. The van der Waals surface area contributed by atoms with Crippen LogP contribution < -0.4 is 5.32 Å². The fraction of sp³-hybridized carbons (Fsp3) is 0.727. The molecular formula is C11H22ClN3S. The van der Waals surface area contributed by atoms with Gasteiger partial charge in [0.1, 0.15) is 0 Å². The van der Waals surface area contributed by atoms with Crippen molar-refractivity contribution in [2.24, 2.45) is 0 Å². The largest absolute Gasteiger partial charge is 0.318 e. The SMILES string of the molecule is CCCc1nc(CN(C)CCNC)cs1.Cl. The average Bonchev–Trinajstić information content (AvgIpc) is 2.63. The van der Waals surface area contributed by atoms with E-state index < -0.39 is 0 Å². The molecule has 0 atom stereocenters. The number of hydrogen-bond acceptors (Lipinski definition) is 4. The van der Waals surface area contributed by atoms with Crippen molar-refractivity contribution < 1.29 is 0 Å². The normalized spacial score (nSPS) is 10.5. The topological polar surface area (TPSA) is 28.2 Å². The van der Waals surface area contributed by atoms with Crippen LogP contribution in [0.5, 0.6) is 0 Å². The summed E-state index contributed by atoms with van der Waals surface area (Å²) in [4.78, 5) is 6.90. The average molecular weight is 264 g/mol. The van der Waals surface area contributed by atoms with E-state index in [1.807, 2.05) is 7.05 Å². The maximum absolute atomic E-state index is 4.60. The second-order valence-corrected chi connectivity index (χ2v) is 4.77. The molecule has 1 heterocycles. The first kappa shape index (κ1) is 15.8. The third kappa shape index (κ3) is 5.80. The number of hydrogen-bond donors (Lipinski definition) is 1. The van der Waals surface area contributed by atoms with Crippen molar-refractivity contribution in [3.63, 3.8) is 0 Å². The molecule has 0 aliphatic rings. The Morgan fingerprint density at radius 2 is 2.25 bits per heavy atom. The van der Waals surface area contributed by atoms with E-state index in [-0.39, 0.29) is 12.4 Å². The first-order valence-corrected chi connectivity index (χ1v) is 6.40. The van der Waals surface area contributed by atoms with Crippen LogP contribution in [0.4, 0.5) is 0 Å². The summed E-state index contributed by atoms with van der Waals surface area (Å²) >= 11 is 1.79. The van der Waals surface area contributed by atoms with Crippen LogP contribution in [0.25, 0.3) is 0 Å². The highest BCUT2D eigenvalue weighted by molar-refractivity contribution is 7.09. The van der Waals surface area contributed by atoms with Crippen molar-refractivity contribution in [2.75, 3.05) is 27.2 Å². The molecule has 1 rings (SSSR count). The van der Waals surface area contributed by atoms with E-state index in [0.29, 0.717) is 0 Å². The van der Waals surface area contributed by atoms with Gasteiger partial charge in [0.15, 0.2) is 0 Å². The van der Waals surface area contributed by atoms with Gasteiger partial charge in [0, 0.05) is 25.0 Å². The zero-order valence-electron chi connectivity index (χ0n) is 10.3. The molecule has 0 fully saturated rings. The Morgan fingerprint density at radius 3 is 2.88 bits per heavy atom. The van der Waals surface area contributed by atoms with Gasteiger partial charge in [-0.2, -0.15) is 0 Å². The lowest BCUT2D eigenvalue weighted by molar-refractivity contribution is 0.324. The molecule has 3 nitrogen and oxygen atoms in total. The second-order valence-electron chi connectivity index (χ2n) is 3.82. The highest BCUT2D eigenvalue weighted by atomic mass is 35.5. The predicted octanol–water partition coefficient (Wildman–Crippen LogP) is 2.17. The van der Waals surface area contributed by atoms with Gasteiger partial charge in [0.25, 0.3) is 0 Å². The third-order valence-electron chi connectivity index (χ3n) is 2.24. The van der Waals surface area contributed by atoms with E-state index >= 15 is 0 Å². The van der Waals surface area contributed by atoms with Crippen LogP contribution >= 0.6 is 23.7 Å². The van der Waals surface area contributed by atoms with Crippen LogP contribution in [-0.4, -0.2) is 37.1 Å². The maximum Gasteiger partial charge on any atom is 0.0928 e. The number of nitrogens with one attached hydrogen (secondary N) is 1. The molecule has 0 spiro atoms. The Balaban J connectivity index is 0.00000225. The molecule has 0 unspecified atom stereocenters. The van der Waals surface area contributed by atoms with E-state index in [2.05, 4.69) is 34.6 Å². The summed E-state index contributed by atoms with van der Waals surface area (Å²) in [5.74, 6) is 0. The summed E-state index contributed by atoms with van der Waals surface area (Å²) < 4.78 is 0. The summed E-state index contributed by atoms with van der Waals surface area (Å²) in [6.07, 6.45) is 2.30. The molecule has 1 N–H and O–H groups in total. The minimum Gasteiger partial charge on any atom is -0.318 e. The van der Waals surface area contributed by atoms with E-state index in [0.717, 1.165) is 26.1 Å². The van der Waals surface area contributed by atoms with Crippen molar-refractivity contribution in [3.8, 4) is 0 Å². The van der Waals surface area contributed by atoms with Crippen LogP contribution in [0.1, 0.15) is 24.0 Å². The maximum atomic E-state index is 4.60. The summed E-state index contributed by atoms with van der Waals surface area (Å²) in [5.41, 5.74) is 1.21. The molecule has 0 saturated carbocycles. The summed E-state index contributed by atoms with van der Waals surface area (Å²) in [6, 6.07) is 0. The van der Waals surface area contributed by atoms with Crippen molar-refractivity contribution >= 4 is 23.7 Å². The fourth-order valence-corrected chi connectivity index (χ4v) is 2.30. The molecule has 0 aliphatic carbocycles. The molecule has 0 aliphatic heterocycles. The lowest BCUT2D eigenvalue weighted by Crippen LogP contribution is -2.27. The first-order valence-electron chi connectivity index (χ1n) is 5.52. The number of rotatable bonds is 7. The van der Waals surface area contributed by atoms with Crippen molar-refractivity contribution in [1.29, 1.82) is 0 Å². The number of thiazole rings is 1. The smallest absolute Gasteiger partial charge is 0.0928 e. The lowest BCUT2D eigenvalue weighted by atomic mass is 10.3. The van der Waals surface area contributed by atoms with E-state index in [4.69, 9.17) is 0 Å². The number of nitrogens with zero attached hydrogens (tertiary/aromatic N) is 2. The van der Waals surface area contributed by atoms with Gasteiger partial charge in [-0.25, -0.2) is 4.98 Å². The van der Waals surface area contributed by atoms with Gasteiger partial charge in [-0.1, -0.05) is 6.92 Å². The van der Waals surface area contributed by atoms with Crippen molar-refractivity contribution in [3.05, 3.63) is 16.1 Å². The van der Waals surface area contributed by atoms with Crippen molar-refractivity contribution in [1.82, 2.24) is 15.2 Å². The van der Waals surface area contributed by atoms with Crippen LogP contribution in [0, 0.1) is 0 Å². The van der Waals surface area contributed by atoms with Gasteiger partial charge in [-0.05, 0) is 26.9 Å². The Labute approximate surface area is 109 Å². The van der Waals surface area contributed by atoms with Gasteiger partial charge in [0.05, 0.1) is 10.7 Å². The summed E-state index contributed by atoms with van der Waals surface area (Å²) in [5, 5.41) is 6.60. The lowest BCUT2D eigenvalue weighted by Gasteiger charge is -2.14. The highest BCUT2D eigenvalue weighted by Crippen LogP contribution is 2.12. The Kier molecular flexibility index (Phi) is 8.84. The minimum absolute atomic E-state index is 0. The predicted molar refractivity (Wildman–Crippen MR) is 73.6 cm³/mol. The molecule has 16 heavy (non-hydrogen) atoms. The molecule has 0 radical (unpaired) electrons. The van der Waals surface area contributed by atoms with Crippen molar-refractivity contribution in [2.45, 2.75) is 26.3 Å². The number of halogens is 1. The summed E-state index contributed by atoms with van der Waals surface area (Å²) in [6.45, 7) is 5.25. The Morgan fingerprint density at radius 1 is 1.50 bits per heavy atom. The van der Waals surface area contributed by atoms with Gasteiger partial charge < -0.3 is 5.32 Å². The number of aromatic nitrogens is 1. The number of aryl methyl sites for hydroxylation is 1. The van der Waals surface area contributed by atoms with Gasteiger partial charge >= 0.3 is 0 Å². The second kappa shape index (κ2) is 8.93. The molecule has 0 bridgehead atoms. The van der Waals surface area contributed by atoms with Gasteiger partial charge in [-0.3, -0.25) is 4.90 Å². The molecule has 0 aromatic carbocycles. The van der Waals surface area contributed by atoms with E-state index in [1.54, 1.807) is 11.3 Å². The van der Waals surface area contributed by atoms with Crippen LogP contribution in [0.3, 0.4) is 0 Å². The Hall–Kier alpha value is -0.160. The van der Waals surface area contributed by atoms with E-state index in [9.17, 15) is 0 Å². The molecule has 0 saturated heterocycles. The van der Waals surface area contributed by atoms with Gasteiger partial charge in [0.2, 0.25) is 0 Å².